The Bertz CT molecular complexity index is 206. The molecule has 0 aliphatic carbocycles. The molecule has 1 saturated heterocycles. The van der Waals surface area contributed by atoms with Gasteiger partial charge in [0.1, 0.15) is 0 Å². The third-order valence-corrected chi connectivity index (χ3v) is 2.82. The number of halogens is 2. The molecule has 1 heterocycles. The molecule has 0 radical (unpaired) electrons. The Labute approximate surface area is 88.8 Å². The van der Waals surface area contributed by atoms with Gasteiger partial charge in [0.25, 0.3) is 5.91 Å². The molecule has 0 atom stereocenters. The van der Waals surface area contributed by atoms with E-state index in [1.807, 2.05) is 0 Å². The lowest BCUT2D eigenvalue weighted by Gasteiger charge is -2.29. The highest BCUT2D eigenvalue weighted by atomic mass is 19.3. The number of carbonyl (C=O) groups excluding carboxylic acids is 1. The first-order chi connectivity index (χ1) is 7.15. The summed E-state index contributed by atoms with van der Waals surface area (Å²) in [5.41, 5.74) is 0. The van der Waals surface area contributed by atoms with Crippen molar-refractivity contribution in [3.05, 3.63) is 0 Å². The van der Waals surface area contributed by atoms with E-state index < -0.39 is 12.3 Å². The molecule has 0 saturated carbocycles. The van der Waals surface area contributed by atoms with Crippen LogP contribution in [-0.4, -0.2) is 43.4 Å². The van der Waals surface area contributed by atoms with Crippen molar-refractivity contribution in [2.45, 2.75) is 26.2 Å². The Morgan fingerprint density at radius 1 is 1.47 bits per heavy atom. The van der Waals surface area contributed by atoms with Crippen molar-refractivity contribution >= 4 is 5.91 Å². The summed E-state index contributed by atoms with van der Waals surface area (Å²) in [6.07, 6.45) is -0.938. The van der Waals surface area contributed by atoms with Gasteiger partial charge in [0, 0.05) is 13.1 Å². The van der Waals surface area contributed by atoms with Gasteiger partial charge in [0.15, 0.2) is 0 Å². The molecular formula is C10H18F2N2O. The molecule has 1 aliphatic heterocycles. The van der Waals surface area contributed by atoms with Gasteiger partial charge in [0.2, 0.25) is 0 Å². The third-order valence-electron chi connectivity index (χ3n) is 2.82. The number of alkyl halides is 2. The van der Waals surface area contributed by atoms with Gasteiger partial charge in [-0.3, -0.25) is 4.79 Å². The number of piperidine rings is 1. The summed E-state index contributed by atoms with van der Waals surface area (Å²) in [6.45, 7) is 4.42. The summed E-state index contributed by atoms with van der Waals surface area (Å²) in [5.74, 6) is -0.662. The minimum absolute atomic E-state index is 0.368. The van der Waals surface area contributed by atoms with E-state index in [1.165, 1.54) is 4.90 Å². The minimum Gasteiger partial charge on any atom is -0.338 e. The predicted molar refractivity (Wildman–Crippen MR) is 53.9 cm³/mol. The second kappa shape index (κ2) is 6.00. The number of nitrogens with zero attached hydrogens (tertiary/aromatic N) is 1. The van der Waals surface area contributed by atoms with E-state index in [4.69, 9.17) is 0 Å². The topological polar surface area (TPSA) is 32.3 Å². The molecule has 0 aromatic heterocycles. The maximum atomic E-state index is 12.2. The van der Waals surface area contributed by atoms with Gasteiger partial charge in [-0.2, -0.15) is 8.78 Å². The number of hydrogen-bond donors (Lipinski definition) is 1. The zero-order chi connectivity index (χ0) is 11.3. The lowest BCUT2D eigenvalue weighted by Crippen LogP contribution is -2.41. The SMILES string of the molecule is CCN(CC1CCNCC1)C(=O)C(F)F. The highest BCUT2D eigenvalue weighted by Gasteiger charge is 2.25. The quantitative estimate of drug-likeness (QED) is 0.769. The van der Waals surface area contributed by atoms with Gasteiger partial charge in [0.05, 0.1) is 0 Å². The van der Waals surface area contributed by atoms with Crippen LogP contribution in [0.2, 0.25) is 0 Å². The zero-order valence-electron chi connectivity index (χ0n) is 9.01. The Morgan fingerprint density at radius 3 is 2.53 bits per heavy atom. The molecule has 1 N–H and O–H groups in total. The highest BCUT2D eigenvalue weighted by molar-refractivity contribution is 5.79. The van der Waals surface area contributed by atoms with Gasteiger partial charge in [-0.1, -0.05) is 0 Å². The summed E-state index contributed by atoms with van der Waals surface area (Å²) >= 11 is 0. The van der Waals surface area contributed by atoms with Gasteiger partial charge >= 0.3 is 6.43 Å². The van der Waals surface area contributed by atoms with Gasteiger partial charge < -0.3 is 10.2 Å². The van der Waals surface area contributed by atoms with Crippen LogP contribution in [0, 0.1) is 5.92 Å². The molecule has 1 amide bonds. The fourth-order valence-corrected chi connectivity index (χ4v) is 1.89. The van der Waals surface area contributed by atoms with E-state index in [-0.39, 0.29) is 0 Å². The number of carbonyl (C=O) groups is 1. The van der Waals surface area contributed by atoms with Crippen LogP contribution < -0.4 is 5.32 Å². The zero-order valence-corrected chi connectivity index (χ0v) is 9.01. The number of nitrogens with one attached hydrogen (secondary N) is 1. The molecule has 15 heavy (non-hydrogen) atoms. The first kappa shape index (κ1) is 12.4. The Hall–Kier alpha value is -0.710. The lowest BCUT2D eigenvalue weighted by atomic mass is 9.97. The Balaban J connectivity index is 2.41. The molecule has 3 nitrogen and oxygen atoms in total. The van der Waals surface area contributed by atoms with Crippen LogP contribution in [0.5, 0.6) is 0 Å². The van der Waals surface area contributed by atoms with Crippen molar-refractivity contribution < 1.29 is 13.6 Å². The molecule has 88 valence electrons. The van der Waals surface area contributed by atoms with E-state index in [2.05, 4.69) is 5.32 Å². The molecule has 1 fully saturated rings. The molecule has 0 bridgehead atoms. The standard InChI is InChI=1S/C10H18F2N2O/c1-2-14(10(15)9(11)12)7-8-3-5-13-6-4-8/h8-9,13H,2-7H2,1H3. The molecule has 0 aromatic rings. The Morgan fingerprint density at radius 2 is 2.07 bits per heavy atom. The molecule has 1 rings (SSSR count). The molecule has 0 spiro atoms. The summed E-state index contributed by atoms with van der Waals surface area (Å²) < 4.78 is 24.4. The molecule has 0 unspecified atom stereocenters. The van der Waals surface area contributed by atoms with E-state index in [0.29, 0.717) is 19.0 Å². The summed E-state index contributed by atoms with van der Waals surface area (Å²) in [5, 5.41) is 3.21. The second-order valence-corrected chi connectivity index (χ2v) is 3.87. The monoisotopic (exact) mass is 220 g/mol. The highest BCUT2D eigenvalue weighted by Crippen LogP contribution is 2.14. The largest absolute Gasteiger partial charge is 0.338 e. The van der Waals surface area contributed by atoms with Crippen molar-refractivity contribution in [2.75, 3.05) is 26.2 Å². The van der Waals surface area contributed by atoms with Crippen LogP contribution in [0.15, 0.2) is 0 Å². The normalized spacial score (nSPS) is 18.1. The van der Waals surface area contributed by atoms with Crippen LogP contribution in [0.4, 0.5) is 8.78 Å². The van der Waals surface area contributed by atoms with Crippen LogP contribution in [0.25, 0.3) is 0 Å². The second-order valence-electron chi connectivity index (χ2n) is 3.87. The van der Waals surface area contributed by atoms with E-state index in [9.17, 15) is 13.6 Å². The predicted octanol–water partition coefficient (Wildman–Crippen LogP) is 1.10. The average Bonchev–Trinajstić information content (AvgIpc) is 2.26. The summed E-state index contributed by atoms with van der Waals surface area (Å²) in [4.78, 5) is 12.4. The van der Waals surface area contributed by atoms with Crippen LogP contribution >= 0.6 is 0 Å². The minimum atomic E-state index is -2.87. The van der Waals surface area contributed by atoms with Crippen molar-refractivity contribution in [3.63, 3.8) is 0 Å². The maximum Gasteiger partial charge on any atom is 0.315 e. The van der Waals surface area contributed by atoms with E-state index in [0.717, 1.165) is 25.9 Å². The van der Waals surface area contributed by atoms with Crippen LogP contribution in [0.1, 0.15) is 19.8 Å². The molecule has 1 aliphatic rings. The fraction of sp³-hybridized carbons (Fsp3) is 0.900. The number of hydrogen-bond acceptors (Lipinski definition) is 2. The van der Waals surface area contributed by atoms with Gasteiger partial charge in [-0.05, 0) is 38.8 Å². The first-order valence-electron chi connectivity index (χ1n) is 5.42. The average molecular weight is 220 g/mol. The van der Waals surface area contributed by atoms with Gasteiger partial charge in [-0.15, -0.1) is 0 Å². The van der Waals surface area contributed by atoms with Crippen molar-refractivity contribution in [1.82, 2.24) is 10.2 Å². The number of rotatable bonds is 4. The lowest BCUT2D eigenvalue weighted by molar-refractivity contribution is -0.143. The summed E-state index contributed by atoms with van der Waals surface area (Å²) in [7, 11) is 0. The molecule has 0 aromatic carbocycles. The summed E-state index contributed by atoms with van der Waals surface area (Å²) in [6, 6.07) is 0. The maximum absolute atomic E-state index is 12.2. The van der Waals surface area contributed by atoms with Crippen LogP contribution in [0.3, 0.4) is 0 Å². The Kier molecular flexibility index (Phi) is 4.94. The smallest absolute Gasteiger partial charge is 0.315 e. The number of amides is 1. The fourth-order valence-electron chi connectivity index (χ4n) is 1.89. The molecule has 5 heteroatoms. The van der Waals surface area contributed by atoms with E-state index in [1.54, 1.807) is 6.92 Å². The van der Waals surface area contributed by atoms with Gasteiger partial charge in [-0.25, -0.2) is 0 Å². The third kappa shape index (κ3) is 3.74. The first-order valence-corrected chi connectivity index (χ1v) is 5.42. The van der Waals surface area contributed by atoms with Crippen LogP contribution in [-0.2, 0) is 4.79 Å². The molecular weight excluding hydrogens is 202 g/mol. The van der Waals surface area contributed by atoms with Crippen molar-refractivity contribution in [2.24, 2.45) is 5.92 Å². The van der Waals surface area contributed by atoms with Crippen molar-refractivity contribution in [3.8, 4) is 0 Å². The van der Waals surface area contributed by atoms with Crippen molar-refractivity contribution in [1.29, 1.82) is 0 Å². The van der Waals surface area contributed by atoms with E-state index >= 15 is 0 Å².